The van der Waals surface area contributed by atoms with E-state index in [4.69, 9.17) is 23.9 Å². The molecule has 1 fully saturated rings. The van der Waals surface area contributed by atoms with Crippen LogP contribution in [-0.2, 0) is 67.2 Å². The summed E-state index contributed by atoms with van der Waals surface area (Å²) in [5.41, 5.74) is 3.66. The van der Waals surface area contributed by atoms with Gasteiger partial charge in [-0.1, -0.05) is 0 Å². The molecule has 330 valence electrons. The third kappa shape index (κ3) is 19.5. The number of aliphatic hydroxyl groups is 2. The van der Waals surface area contributed by atoms with Gasteiger partial charge in [0.1, 0.15) is 11.4 Å². The van der Waals surface area contributed by atoms with Crippen LogP contribution in [0.5, 0.6) is 0 Å². The van der Waals surface area contributed by atoms with E-state index in [9.17, 15) is 14.7 Å². The van der Waals surface area contributed by atoms with Gasteiger partial charge in [0.05, 0.1) is 62.8 Å². The van der Waals surface area contributed by atoms with Gasteiger partial charge in [-0.25, -0.2) is 5.25 Å². The van der Waals surface area contributed by atoms with E-state index in [-0.39, 0.29) is 70.1 Å². The van der Waals surface area contributed by atoms with Crippen LogP contribution in [0.2, 0.25) is 0 Å². The van der Waals surface area contributed by atoms with Crippen molar-refractivity contribution in [1.29, 1.82) is 0 Å². The van der Waals surface area contributed by atoms with Gasteiger partial charge in [0.25, 0.3) is 0 Å². The number of aliphatic hydroxyl groups excluding tert-OH is 2. The summed E-state index contributed by atoms with van der Waals surface area (Å²) >= 11 is 13.7. The minimum atomic E-state index is -0.462. The number of hydrogen-bond acceptors (Lipinski definition) is 16. The number of carbonyl (C=O) groups excluding carboxylic acids is 2. The van der Waals surface area contributed by atoms with Gasteiger partial charge in [-0.2, -0.15) is 25.5 Å². The van der Waals surface area contributed by atoms with Gasteiger partial charge >= 0.3 is 61.4 Å². The van der Waals surface area contributed by atoms with E-state index in [1.165, 1.54) is 9.36 Å². The van der Waals surface area contributed by atoms with Crippen LogP contribution in [0, 0.1) is 0 Å². The van der Waals surface area contributed by atoms with Crippen molar-refractivity contribution < 1.29 is 69.6 Å². The number of halogens is 3. The SMILES string of the molecule is COC(OC)c1ccnn1C.Cn1ncc(B2OC(C)(C)C(C)(C)O2)c1CO.Cn1ncc(Br)c1C=O.Cn1ncc(Br)c1CO.Cn1nccc1C=O.NCl.[B].[B]=NS.[H-].[Na+]. The van der Waals surface area contributed by atoms with E-state index in [0.29, 0.717) is 11.4 Å². The summed E-state index contributed by atoms with van der Waals surface area (Å²) in [5.74, 6) is 0. The molecule has 1 saturated heterocycles. The number of carbonyl (C=O) groups is 2. The molecule has 5 aromatic rings. The molecule has 6 heterocycles. The van der Waals surface area contributed by atoms with Gasteiger partial charge in [0.2, 0.25) is 0 Å². The van der Waals surface area contributed by atoms with Crippen LogP contribution in [0.25, 0.3) is 0 Å². The second kappa shape index (κ2) is 32.4. The second-order valence-electron chi connectivity index (χ2n) is 12.6. The molecule has 61 heavy (non-hydrogen) atoms. The maximum atomic E-state index is 10.2. The third-order valence-corrected chi connectivity index (χ3v) is 9.74. The Morgan fingerprint density at radius 3 is 1.57 bits per heavy atom. The average molecular weight is 1030 g/mol. The van der Waals surface area contributed by atoms with Crippen LogP contribution >= 0.6 is 56.5 Å². The van der Waals surface area contributed by atoms with Gasteiger partial charge in [-0.05, 0) is 83.5 Å². The first-order valence-electron chi connectivity index (χ1n) is 16.9. The molecule has 0 spiro atoms. The Balaban J connectivity index is -0.000000335. The number of thiol groups is 1. The van der Waals surface area contributed by atoms with Crippen molar-refractivity contribution in [2.75, 3.05) is 14.2 Å². The summed E-state index contributed by atoms with van der Waals surface area (Å²) in [4.78, 5) is 20.2. The first kappa shape index (κ1) is 63.0. The van der Waals surface area contributed by atoms with E-state index >= 15 is 0 Å². The summed E-state index contributed by atoms with van der Waals surface area (Å²) in [7, 11) is 15.9. The Kier molecular flexibility index (Phi) is 33.4. The third-order valence-electron chi connectivity index (χ3n) is 8.47. The minimum absolute atomic E-state index is 0. The van der Waals surface area contributed by atoms with Crippen molar-refractivity contribution in [2.45, 2.75) is 58.4 Å². The van der Waals surface area contributed by atoms with Crippen LogP contribution in [0.3, 0.4) is 0 Å². The summed E-state index contributed by atoms with van der Waals surface area (Å²) in [6.07, 6.45) is 9.44. The molecular weight excluding hydrogens is 975 g/mol. The molecule has 0 amide bonds. The Bertz CT molecular complexity index is 1940. The van der Waals surface area contributed by atoms with Gasteiger partial charge in [-0.15, -0.1) is 0 Å². The smallest absolute Gasteiger partial charge is 1.00 e. The summed E-state index contributed by atoms with van der Waals surface area (Å²) in [6.45, 7) is 7.96. The predicted octanol–water partition coefficient (Wildman–Crippen LogP) is -0.156. The molecular formula is C33H53B3Br2ClN12NaO8S. The molecule has 6 rings (SSSR count). The molecule has 0 saturated carbocycles. The van der Waals surface area contributed by atoms with Gasteiger partial charge in [-0.3, -0.25) is 33.0 Å². The van der Waals surface area contributed by atoms with E-state index in [2.05, 4.69) is 99.1 Å². The van der Waals surface area contributed by atoms with Crippen molar-refractivity contribution in [3.05, 3.63) is 80.5 Å². The predicted molar refractivity (Wildman–Crippen MR) is 241 cm³/mol. The number of rotatable bonds is 8. The van der Waals surface area contributed by atoms with Crippen LogP contribution in [0.4, 0.5) is 0 Å². The topological polar surface area (TPSA) is 239 Å². The number of hydrogen-bond donors (Lipinski definition) is 4. The number of methoxy groups -OCH3 is 2. The van der Waals surface area contributed by atoms with Gasteiger partial charge in [0, 0.05) is 81.9 Å². The Morgan fingerprint density at radius 1 is 0.836 bits per heavy atom. The largest absolute Gasteiger partial charge is 1.00 e. The van der Waals surface area contributed by atoms with Crippen molar-refractivity contribution in [2.24, 2.45) is 44.8 Å². The van der Waals surface area contributed by atoms with Crippen LogP contribution in [-0.4, -0.2) is 120 Å². The molecule has 5 aromatic heterocycles. The number of ether oxygens (including phenoxy) is 2. The van der Waals surface area contributed by atoms with E-state index < -0.39 is 7.12 Å². The molecule has 1 aliphatic rings. The molecule has 0 aliphatic carbocycles. The van der Waals surface area contributed by atoms with Crippen LogP contribution < -0.4 is 40.3 Å². The summed E-state index contributed by atoms with van der Waals surface area (Å²) < 4.78 is 34.2. The minimum Gasteiger partial charge on any atom is -1.00 e. The zero-order valence-electron chi connectivity index (χ0n) is 37.3. The number of nitrogens with zero attached hydrogens (tertiary/aromatic N) is 11. The molecule has 4 N–H and O–H groups in total. The molecule has 0 unspecified atom stereocenters. The summed E-state index contributed by atoms with van der Waals surface area (Å²) in [6, 6.07) is 3.52. The zero-order valence-corrected chi connectivity index (χ0v) is 43.2. The maximum Gasteiger partial charge on any atom is 1.00 e. The first-order valence-corrected chi connectivity index (χ1v) is 19.4. The fourth-order valence-corrected chi connectivity index (χ4v) is 5.38. The number of aryl methyl sites for hydroxylation is 5. The van der Waals surface area contributed by atoms with E-state index in [0.717, 1.165) is 44.1 Å². The Morgan fingerprint density at radius 2 is 1.28 bits per heavy atom. The number of aromatic nitrogens is 10. The fourth-order valence-electron chi connectivity index (χ4n) is 4.46. The maximum absolute atomic E-state index is 10.2. The van der Waals surface area contributed by atoms with Crippen molar-refractivity contribution in [3.8, 4) is 0 Å². The van der Waals surface area contributed by atoms with Gasteiger partial charge in [0.15, 0.2) is 18.9 Å². The van der Waals surface area contributed by atoms with E-state index in [1.54, 1.807) is 93.5 Å². The van der Waals surface area contributed by atoms with Crippen molar-refractivity contribution >= 4 is 97.7 Å². The zero-order chi connectivity index (χ0) is 45.5. The van der Waals surface area contributed by atoms with Crippen molar-refractivity contribution in [3.63, 3.8) is 0 Å². The monoisotopic (exact) mass is 1030 g/mol. The summed E-state index contributed by atoms with van der Waals surface area (Å²) in [5, 5.41) is 41.6. The molecule has 1 aliphatic heterocycles. The van der Waals surface area contributed by atoms with Crippen LogP contribution in [0.1, 0.15) is 73.5 Å². The molecule has 0 bridgehead atoms. The molecule has 28 heteroatoms. The standard InChI is InChI=1S/C11H19BN2O3.C7H12N2O2.C5H7BrN2O.C5H5BrN2O.C5H6N2O.BHNS.B.ClH2N.Na.H/c1-10(2)11(3,4)17-12(16-10)8-6-13-14(5)9(8)7-15;1-9-6(4-5-8-9)7(10-2)11-3;2*1-8-5(3-9)4(6)2-7-8;1-7-5(4-8)2-3-6-7;1-2-3;;1-2;;/h6,15H,7H2,1-5H3;4-5,7H,1-3H3;2,9H,3H2,1H3;2-3H,1H3;2-4H,1H3;3H;;2H2;;/q;;;;;;;;+1;-1. The fraction of sp³-hybridized carbons (Fsp3) is 0.485. The van der Waals surface area contributed by atoms with Crippen LogP contribution in [0.15, 0.2) is 56.4 Å². The second-order valence-corrected chi connectivity index (χ2v) is 14.5. The molecule has 0 aromatic carbocycles. The Labute approximate surface area is 411 Å². The van der Waals surface area contributed by atoms with Gasteiger partial charge < -0.3 is 30.4 Å². The van der Waals surface area contributed by atoms with E-state index in [1.807, 2.05) is 40.8 Å². The average Bonchev–Trinajstić information content (AvgIpc) is 4.06. The number of nitrogens with two attached hydrogens (primary N) is 1. The first-order chi connectivity index (χ1) is 27.8. The normalized spacial score (nSPS) is 12.5. The number of aldehydes is 2. The molecule has 20 nitrogen and oxygen atoms in total. The molecule has 4 radical (unpaired) electrons. The molecule has 0 atom stereocenters. The quantitative estimate of drug-likeness (QED) is 0.0520. The Hall–Kier alpha value is -2.30. The van der Waals surface area contributed by atoms with Crippen molar-refractivity contribution in [1.82, 2.24) is 48.9 Å².